The molecule has 0 saturated carbocycles. The largest absolute Gasteiger partial charge is 0.358 e. The lowest BCUT2D eigenvalue weighted by Crippen LogP contribution is -2.26. The summed E-state index contributed by atoms with van der Waals surface area (Å²) >= 11 is 3.24. The predicted molar refractivity (Wildman–Crippen MR) is 65.3 cm³/mol. The highest BCUT2D eigenvalue weighted by atomic mass is 79.9. The van der Waals surface area contributed by atoms with E-state index in [1.165, 1.54) is 6.33 Å². The molecule has 0 aromatic carbocycles. The molecule has 0 amide bonds. The summed E-state index contributed by atoms with van der Waals surface area (Å²) in [6, 6.07) is 0. The third kappa shape index (κ3) is 3.06. The number of nitrogens with one attached hydrogen (secondary N) is 1. The minimum absolute atomic E-state index is 0.143. The van der Waals surface area contributed by atoms with Crippen molar-refractivity contribution in [1.29, 1.82) is 0 Å². The topological polar surface area (TPSA) is 49.0 Å². The molecule has 84 valence electrons. The summed E-state index contributed by atoms with van der Waals surface area (Å²) in [6.45, 7) is 5.22. The number of halogens is 1. The third-order valence-electron chi connectivity index (χ3n) is 2.42. The standard InChI is InChI=1S/C10H16BrN3O/c1-4-7(2)5-14(3)9-8(11)10(15)13-6-12-9/h6-7H,4-5H2,1-3H3,(H,12,13,15). The Morgan fingerprint density at radius 1 is 1.67 bits per heavy atom. The predicted octanol–water partition coefficient (Wildman–Crippen LogP) is 2.01. The van der Waals surface area contributed by atoms with E-state index in [0.717, 1.165) is 13.0 Å². The van der Waals surface area contributed by atoms with Crippen LogP contribution >= 0.6 is 15.9 Å². The van der Waals surface area contributed by atoms with E-state index >= 15 is 0 Å². The van der Waals surface area contributed by atoms with Crippen LogP contribution in [0, 0.1) is 5.92 Å². The molecule has 1 rings (SSSR count). The highest BCUT2D eigenvalue weighted by molar-refractivity contribution is 9.10. The lowest BCUT2D eigenvalue weighted by molar-refractivity contribution is 0.557. The molecule has 1 aromatic rings. The van der Waals surface area contributed by atoms with Crippen molar-refractivity contribution in [3.8, 4) is 0 Å². The number of aromatic nitrogens is 2. The summed E-state index contributed by atoms with van der Waals surface area (Å²) < 4.78 is 0.496. The summed E-state index contributed by atoms with van der Waals surface area (Å²) in [5, 5.41) is 0. The van der Waals surface area contributed by atoms with Crippen molar-refractivity contribution in [1.82, 2.24) is 9.97 Å². The SMILES string of the molecule is CCC(C)CN(C)c1nc[nH]c(=O)c1Br. The molecule has 0 saturated heterocycles. The van der Waals surface area contributed by atoms with Gasteiger partial charge >= 0.3 is 0 Å². The molecule has 0 fully saturated rings. The molecule has 1 heterocycles. The minimum Gasteiger partial charge on any atom is -0.358 e. The van der Waals surface area contributed by atoms with Gasteiger partial charge in [0.15, 0.2) is 0 Å². The fraction of sp³-hybridized carbons (Fsp3) is 0.600. The second-order valence-corrected chi connectivity index (χ2v) is 4.56. The van der Waals surface area contributed by atoms with Crippen molar-refractivity contribution in [2.45, 2.75) is 20.3 Å². The fourth-order valence-electron chi connectivity index (χ4n) is 1.32. The zero-order valence-corrected chi connectivity index (χ0v) is 10.8. The molecule has 0 aliphatic rings. The van der Waals surface area contributed by atoms with Crippen LogP contribution in [0.3, 0.4) is 0 Å². The van der Waals surface area contributed by atoms with E-state index in [9.17, 15) is 4.79 Å². The van der Waals surface area contributed by atoms with Crippen LogP contribution in [0.1, 0.15) is 20.3 Å². The Kier molecular flexibility index (Phi) is 4.32. The maximum absolute atomic E-state index is 11.3. The Balaban J connectivity index is 2.87. The van der Waals surface area contributed by atoms with Crippen LogP contribution in [-0.4, -0.2) is 23.6 Å². The van der Waals surface area contributed by atoms with Crippen molar-refractivity contribution in [3.05, 3.63) is 21.2 Å². The maximum atomic E-state index is 11.3. The maximum Gasteiger partial charge on any atom is 0.267 e. The molecule has 5 heteroatoms. The summed E-state index contributed by atoms with van der Waals surface area (Å²) in [5.74, 6) is 1.28. The Morgan fingerprint density at radius 3 is 2.93 bits per heavy atom. The van der Waals surface area contributed by atoms with E-state index in [2.05, 4.69) is 39.7 Å². The first-order valence-corrected chi connectivity index (χ1v) is 5.79. The van der Waals surface area contributed by atoms with Gasteiger partial charge in [-0.05, 0) is 21.8 Å². The Hall–Kier alpha value is -0.840. The summed E-state index contributed by atoms with van der Waals surface area (Å²) in [5.41, 5.74) is -0.143. The van der Waals surface area contributed by atoms with Crippen LogP contribution in [0.2, 0.25) is 0 Å². The van der Waals surface area contributed by atoms with Crippen molar-refractivity contribution in [2.24, 2.45) is 5.92 Å². The van der Waals surface area contributed by atoms with Gasteiger partial charge in [0.2, 0.25) is 0 Å². The monoisotopic (exact) mass is 273 g/mol. The van der Waals surface area contributed by atoms with E-state index in [1.807, 2.05) is 11.9 Å². The summed E-state index contributed by atoms with van der Waals surface area (Å²) in [6.07, 6.45) is 2.54. The molecule has 0 spiro atoms. The van der Waals surface area contributed by atoms with Crippen molar-refractivity contribution in [3.63, 3.8) is 0 Å². The highest BCUT2D eigenvalue weighted by Gasteiger charge is 2.11. The third-order valence-corrected chi connectivity index (χ3v) is 3.14. The molecule has 4 nitrogen and oxygen atoms in total. The van der Waals surface area contributed by atoms with Crippen LogP contribution in [-0.2, 0) is 0 Å². The molecule has 0 aliphatic carbocycles. The molecular formula is C10H16BrN3O. The van der Waals surface area contributed by atoms with E-state index < -0.39 is 0 Å². The molecule has 15 heavy (non-hydrogen) atoms. The van der Waals surface area contributed by atoms with Crippen LogP contribution in [0.4, 0.5) is 5.82 Å². The van der Waals surface area contributed by atoms with Gasteiger partial charge in [-0.1, -0.05) is 20.3 Å². The number of rotatable bonds is 4. The normalized spacial score (nSPS) is 12.5. The molecule has 0 bridgehead atoms. The zero-order chi connectivity index (χ0) is 11.4. The minimum atomic E-state index is -0.143. The number of H-pyrrole nitrogens is 1. The van der Waals surface area contributed by atoms with Gasteiger partial charge in [0, 0.05) is 13.6 Å². The second kappa shape index (κ2) is 5.30. The van der Waals surface area contributed by atoms with Gasteiger partial charge in [-0.15, -0.1) is 0 Å². The van der Waals surface area contributed by atoms with Gasteiger partial charge in [0.1, 0.15) is 10.3 Å². The number of hydrogen-bond donors (Lipinski definition) is 1. The van der Waals surface area contributed by atoms with Gasteiger partial charge in [-0.3, -0.25) is 4.79 Å². The number of aromatic amines is 1. The first-order chi connectivity index (χ1) is 7.06. The molecule has 1 atom stereocenters. The lowest BCUT2D eigenvalue weighted by atomic mass is 10.1. The van der Waals surface area contributed by atoms with Gasteiger partial charge in [-0.25, -0.2) is 4.98 Å². The number of hydrogen-bond acceptors (Lipinski definition) is 3. The fourth-order valence-corrected chi connectivity index (χ4v) is 1.84. The number of nitrogens with zero attached hydrogens (tertiary/aromatic N) is 2. The van der Waals surface area contributed by atoms with E-state index in [0.29, 0.717) is 16.2 Å². The van der Waals surface area contributed by atoms with Gasteiger partial charge in [-0.2, -0.15) is 0 Å². The average molecular weight is 274 g/mol. The van der Waals surface area contributed by atoms with Crippen LogP contribution in [0.5, 0.6) is 0 Å². The second-order valence-electron chi connectivity index (χ2n) is 3.76. The summed E-state index contributed by atoms with van der Waals surface area (Å²) in [7, 11) is 1.94. The van der Waals surface area contributed by atoms with Crippen LogP contribution < -0.4 is 10.5 Å². The molecule has 0 aliphatic heterocycles. The first-order valence-electron chi connectivity index (χ1n) is 5.00. The molecule has 1 N–H and O–H groups in total. The zero-order valence-electron chi connectivity index (χ0n) is 9.25. The van der Waals surface area contributed by atoms with Crippen LogP contribution in [0.15, 0.2) is 15.6 Å². The van der Waals surface area contributed by atoms with Crippen molar-refractivity contribution >= 4 is 21.7 Å². The molecular weight excluding hydrogens is 258 g/mol. The Bertz CT molecular complexity index is 377. The molecule has 0 radical (unpaired) electrons. The summed E-state index contributed by atoms with van der Waals surface area (Å²) in [4.78, 5) is 20.0. The first kappa shape index (κ1) is 12.2. The average Bonchev–Trinajstić information content (AvgIpc) is 2.21. The van der Waals surface area contributed by atoms with Crippen molar-refractivity contribution in [2.75, 3.05) is 18.5 Å². The lowest BCUT2D eigenvalue weighted by Gasteiger charge is -2.22. The van der Waals surface area contributed by atoms with Crippen LogP contribution in [0.25, 0.3) is 0 Å². The Morgan fingerprint density at radius 2 is 2.33 bits per heavy atom. The van der Waals surface area contributed by atoms with E-state index in [-0.39, 0.29) is 5.56 Å². The molecule has 1 unspecified atom stereocenters. The van der Waals surface area contributed by atoms with E-state index in [4.69, 9.17) is 0 Å². The quantitative estimate of drug-likeness (QED) is 0.913. The smallest absolute Gasteiger partial charge is 0.267 e. The Labute approximate surface area is 97.8 Å². The van der Waals surface area contributed by atoms with Gasteiger partial charge in [0.05, 0.1) is 6.33 Å². The molecule has 1 aromatic heterocycles. The van der Waals surface area contributed by atoms with Crippen molar-refractivity contribution < 1.29 is 0 Å². The van der Waals surface area contributed by atoms with Gasteiger partial charge < -0.3 is 9.88 Å². The number of anilines is 1. The van der Waals surface area contributed by atoms with E-state index in [1.54, 1.807) is 0 Å². The van der Waals surface area contributed by atoms with Gasteiger partial charge in [0.25, 0.3) is 5.56 Å². The highest BCUT2D eigenvalue weighted by Crippen LogP contribution is 2.18.